The predicted molar refractivity (Wildman–Crippen MR) is 84.0 cm³/mol. The molecule has 0 bridgehead atoms. The van der Waals surface area contributed by atoms with Gasteiger partial charge in [-0.15, -0.1) is 0 Å². The molecule has 0 saturated heterocycles. The van der Waals surface area contributed by atoms with Gasteiger partial charge in [-0.2, -0.15) is 0 Å². The highest BCUT2D eigenvalue weighted by atomic mass is 16.5. The van der Waals surface area contributed by atoms with Crippen molar-refractivity contribution >= 4 is 6.03 Å². The highest BCUT2D eigenvalue weighted by Crippen LogP contribution is 2.23. The Morgan fingerprint density at radius 1 is 1.29 bits per heavy atom. The van der Waals surface area contributed by atoms with Crippen LogP contribution in [0.15, 0.2) is 24.3 Å². The molecule has 1 N–H and O–H groups in total. The van der Waals surface area contributed by atoms with Crippen LogP contribution in [0.4, 0.5) is 4.79 Å². The van der Waals surface area contributed by atoms with Gasteiger partial charge >= 0.3 is 6.03 Å². The number of amides is 2. The van der Waals surface area contributed by atoms with Crippen molar-refractivity contribution in [3.63, 3.8) is 0 Å². The standard InChI is InChI=1S/C17H26N2O2/c1-13(2)21-12-15-9-7-14(8-10-15)11-18-17(20)19(3)16-5-4-6-16/h7-10,13,16H,4-6,11-12H2,1-3H3,(H,18,20). The van der Waals surface area contributed by atoms with Gasteiger partial charge in [0.25, 0.3) is 0 Å². The molecule has 4 nitrogen and oxygen atoms in total. The average Bonchev–Trinajstić information content (AvgIpc) is 2.41. The number of benzene rings is 1. The first-order valence-electron chi connectivity index (χ1n) is 7.76. The van der Waals surface area contributed by atoms with Gasteiger partial charge in [0.05, 0.1) is 12.7 Å². The number of nitrogens with one attached hydrogen (secondary N) is 1. The summed E-state index contributed by atoms with van der Waals surface area (Å²) < 4.78 is 5.57. The molecule has 1 aromatic carbocycles. The summed E-state index contributed by atoms with van der Waals surface area (Å²) in [5.41, 5.74) is 2.27. The van der Waals surface area contributed by atoms with Crippen LogP contribution >= 0.6 is 0 Å². The number of rotatable bonds is 6. The summed E-state index contributed by atoms with van der Waals surface area (Å²) in [4.78, 5) is 13.8. The van der Waals surface area contributed by atoms with Crippen molar-refractivity contribution < 1.29 is 9.53 Å². The van der Waals surface area contributed by atoms with E-state index in [9.17, 15) is 4.79 Å². The maximum absolute atomic E-state index is 12.0. The van der Waals surface area contributed by atoms with Crippen molar-refractivity contribution in [2.45, 2.75) is 58.4 Å². The van der Waals surface area contributed by atoms with Crippen molar-refractivity contribution in [1.82, 2.24) is 10.2 Å². The number of ether oxygens (including phenoxy) is 1. The lowest BCUT2D eigenvalue weighted by Crippen LogP contribution is -2.46. The summed E-state index contributed by atoms with van der Waals surface area (Å²) in [6.07, 6.45) is 3.75. The van der Waals surface area contributed by atoms with Crippen molar-refractivity contribution in [2.24, 2.45) is 0 Å². The molecule has 0 spiro atoms. The number of hydrogen-bond acceptors (Lipinski definition) is 2. The molecule has 1 aliphatic carbocycles. The van der Waals surface area contributed by atoms with E-state index >= 15 is 0 Å². The van der Waals surface area contributed by atoms with Gasteiger partial charge < -0.3 is 15.0 Å². The molecule has 0 radical (unpaired) electrons. The summed E-state index contributed by atoms with van der Waals surface area (Å²) in [7, 11) is 1.88. The smallest absolute Gasteiger partial charge is 0.317 e. The Balaban J connectivity index is 1.76. The fraction of sp³-hybridized carbons (Fsp3) is 0.588. The quantitative estimate of drug-likeness (QED) is 0.873. The highest BCUT2D eigenvalue weighted by Gasteiger charge is 2.25. The Morgan fingerprint density at radius 2 is 1.90 bits per heavy atom. The van der Waals surface area contributed by atoms with Crippen molar-refractivity contribution in [3.8, 4) is 0 Å². The van der Waals surface area contributed by atoms with Gasteiger partial charge in [-0.05, 0) is 44.2 Å². The second-order valence-corrected chi connectivity index (χ2v) is 6.03. The molecule has 116 valence electrons. The maximum atomic E-state index is 12.0. The molecule has 0 unspecified atom stereocenters. The zero-order valence-electron chi connectivity index (χ0n) is 13.3. The fourth-order valence-electron chi connectivity index (χ4n) is 2.26. The lowest BCUT2D eigenvalue weighted by Gasteiger charge is -2.34. The van der Waals surface area contributed by atoms with Crippen molar-refractivity contribution in [1.29, 1.82) is 0 Å². The Morgan fingerprint density at radius 3 is 2.43 bits per heavy atom. The third kappa shape index (κ3) is 4.74. The Bertz CT molecular complexity index is 452. The molecule has 1 fully saturated rings. The Labute approximate surface area is 127 Å². The number of urea groups is 1. The molecule has 0 aliphatic heterocycles. The predicted octanol–water partition coefficient (Wildman–Crippen LogP) is 3.31. The van der Waals surface area contributed by atoms with Crippen LogP contribution in [0.25, 0.3) is 0 Å². The van der Waals surface area contributed by atoms with Gasteiger partial charge in [-0.25, -0.2) is 4.79 Å². The topological polar surface area (TPSA) is 41.6 Å². The molecule has 1 saturated carbocycles. The third-order valence-corrected chi connectivity index (χ3v) is 3.99. The van der Waals surface area contributed by atoms with Gasteiger partial charge in [0.15, 0.2) is 0 Å². The van der Waals surface area contributed by atoms with Gasteiger partial charge in [-0.1, -0.05) is 24.3 Å². The summed E-state index contributed by atoms with van der Waals surface area (Å²) >= 11 is 0. The van der Waals surface area contributed by atoms with Gasteiger partial charge in [0.1, 0.15) is 0 Å². The average molecular weight is 290 g/mol. The molecule has 0 atom stereocenters. The molecule has 2 amide bonds. The zero-order valence-corrected chi connectivity index (χ0v) is 13.3. The molecule has 0 aromatic heterocycles. The minimum atomic E-state index is 0.0203. The van der Waals surface area contributed by atoms with E-state index < -0.39 is 0 Å². The Hall–Kier alpha value is -1.55. The fourth-order valence-corrected chi connectivity index (χ4v) is 2.26. The van der Waals surface area contributed by atoms with Crippen LogP contribution in [-0.4, -0.2) is 30.1 Å². The first-order chi connectivity index (χ1) is 10.1. The van der Waals surface area contributed by atoms with Crippen LogP contribution in [0.2, 0.25) is 0 Å². The molecule has 0 heterocycles. The van der Waals surface area contributed by atoms with Crippen molar-refractivity contribution in [3.05, 3.63) is 35.4 Å². The second kappa shape index (κ2) is 7.46. The van der Waals surface area contributed by atoms with E-state index in [-0.39, 0.29) is 12.1 Å². The molecule has 4 heteroatoms. The molecule has 21 heavy (non-hydrogen) atoms. The minimum Gasteiger partial charge on any atom is -0.374 e. The highest BCUT2D eigenvalue weighted by molar-refractivity contribution is 5.74. The second-order valence-electron chi connectivity index (χ2n) is 6.03. The lowest BCUT2D eigenvalue weighted by molar-refractivity contribution is 0.0657. The van der Waals surface area contributed by atoms with Crippen LogP contribution in [0.1, 0.15) is 44.2 Å². The van der Waals surface area contributed by atoms with E-state index in [1.807, 2.05) is 37.9 Å². The van der Waals surface area contributed by atoms with Crippen molar-refractivity contribution in [2.75, 3.05) is 7.05 Å². The van der Waals surface area contributed by atoms with Crippen LogP contribution in [-0.2, 0) is 17.9 Å². The Kier molecular flexibility index (Phi) is 5.62. The van der Waals surface area contributed by atoms with Crippen LogP contribution in [0.3, 0.4) is 0 Å². The summed E-state index contributed by atoms with van der Waals surface area (Å²) in [5, 5.41) is 2.97. The molecule has 2 rings (SSSR count). The number of nitrogens with zero attached hydrogens (tertiary/aromatic N) is 1. The number of carbonyl (C=O) groups excluding carboxylic acids is 1. The van der Waals surface area contributed by atoms with Gasteiger partial charge in [0, 0.05) is 19.6 Å². The molecule has 1 aliphatic rings. The van der Waals surface area contributed by atoms with Crippen LogP contribution in [0.5, 0.6) is 0 Å². The molecular weight excluding hydrogens is 264 g/mol. The number of hydrogen-bond donors (Lipinski definition) is 1. The summed E-state index contributed by atoms with van der Waals surface area (Å²) in [6, 6.07) is 8.65. The van der Waals surface area contributed by atoms with Crippen LogP contribution in [0, 0.1) is 0 Å². The molecule has 1 aromatic rings. The van der Waals surface area contributed by atoms with Crippen LogP contribution < -0.4 is 5.32 Å². The van der Waals surface area contributed by atoms with Gasteiger partial charge in [-0.3, -0.25) is 0 Å². The van der Waals surface area contributed by atoms with E-state index in [0.29, 0.717) is 19.2 Å². The van der Waals surface area contributed by atoms with Gasteiger partial charge in [0.2, 0.25) is 0 Å². The first-order valence-corrected chi connectivity index (χ1v) is 7.76. The monoisotopic (exact) mass is 290 g/mol. The maximum Gasteiger partial charge on any atom is 0.317 e. The lowest BCUT2D eigenvalue weighted by atomic mass is 9.92. The zero-order chi connectivity index (χ0) is 15.2. The number of carbonyl (C=O) groups is 1. The van der Waals surface area contributed by atoms with E-state index in [4.69, 9.17) is 4.74 Å². The first kappa shape index (κ1) is 15.8. The SMILES string of the molecule is CC(C)OCc1ccc(CNC(=O)N(C)C2CCC2)cc1. The normalized spacial score (nSPS) is 14.9. The van der Waals surface area contributed by atoms with E-state index in [1.165, 1.54) is 6.42 Å². The minimum absolute atomic E-state index is 0.0203. The summed E-state index contributed by atoms with van der Waals surface area (Å²) in [5.74, 6) is 0. The largest absolute Gasteiger partial charge is 0.374 e. The molecular formula is C17H26N2O2. The van der Waals surface area contributed by atoms with E-state index in [2.05, 4.69) is 17.4 Å². The van der Waals surface area contributed by atoms with E-state index in [1.54, 1.807) is 0 Å². The third-order valence-electron chi connectivity index (χ3n) is 3.99. The van der Waals surface area contributed by atoms with E-state index in [0.717, 1.165) is 24.0 Å². The summed E-state index contributed by atoms with van der Waals surface area (Å²) in [6.45, 7) is 5.26.